The molecule has 0 heterocycles. The molecule has 1 unspecified atom stereocenters. The van der Waals surface area contributed by atoms with Crippen LogP contribution in [0, 0.1) is 11.6 Å². The van der Waals surface area contributed by atoms with Crippen LogP contribution in [0.15, 0.2) is 47.4 Å². The first-order chi connectivity index (χ1) is 11.7. The van der Waals surface area contributed by atoms with Gasteiger partial charge in [-0.2, -0.15) is 0 Å². The van der Waals surface area contributed by atoms with E-state index >= 15 is 0 Å². The zero-order valence-corrected chi connectivity index (χ0v) is 14.4. The first-order valence-electron chi connectivity index (χ1n) is 7.50. The second-order valence-electron chi connectivity index (χ2n) is 5.24. The average molecular weight is 369 g/mol. The van der Waals surface area contributed by atoms with Crippen LogP contribution in [0.25, 0.3) is 0 Å². The Kier molecular flexibility index (Phi) is 5.86. The summed E-state index contributed by atoms with van der Waals surface area (Å²) in [5.41, 5.74) is 0.158. The molecule has 0 aliphatic carbocycles. The Morgan fingerprint density at radius 1 is 1.16 bits per heavy atom. The maximum absolute atomic E-state index is 13.7. The van der Waals surface area contributed by atoms with E-state index < -0.39 is 33.7 Å². The van der Waals surface area contributed by atoms with Gasteiger partial charge in [0.1, 0.15) is 17.7 Å². The van der Waals surface area contributed by atoms with Crippen LogP contribution < -0.4 is 4.72 Å². The summed E-state index contributed by atoms with van der Waals surface area (Å²) in [6, 6.07) is 8.15. The molecular formula is C17H17F2NO4S. The normalized spacial score (nSPS) is 12.6. The summed E-state index contributed by atoms with van der Waals surface area (Å²) < 4.78 is 57.8. The number of carbonyl (C=O) groups is 1. The molecule has 0 radical (unpaired) electrons. The quantitative estimate of drug-likeness (QED) is 0.794. The van der Waals surface area contributed by atoms with Gasteiger partial charge in [-0.15, -0.1) is 0 Å². The van der Waals surface area contributed by atoms with Gasteiger partial charge in [0.05, 0.1) is 10.5 Å². The van der Waals surface area contributed by atoms with E-state index in [2.05, 4.69) is 4.72 Å². The fourth-order valence-corrected chi connectivity index (χ4v) is 3.21. The zero-order valence-electron chi connectivity index (χ0n) is 13.6. The van der Waals surface area contributed by atoms with Crippen molar-refractivity contribution in [1.82, 2.24) is 4.72 Å². The van der Waals surface area contributed by atoms with Gasteiger partial charge in [-0.3, -0.25) is 0 Å². The molecule has 0 aliphatic rings. The van der Waals surface area contributed by atoms with Gasteiger partial charge >= 0.3 is 5.97 Å². The maximum atomic E-state index is 13.7. The van der Waals surface area contributed by atoms with Crippen LogP contribution in [0.4, 0.5) is 8.78 Å². The number of rotatable bonds is 6. The summed E-state index contributed by atoms with van der Waals surface area (Å²) in [6.45, 7) is 3.35. The molecule has 0 amide bonds. The molecule has 0 saturated carbocycles. The lowest BCUT2D eigenvalue weighted by atomic mass is 10.1. The first kappa shape index (κ1) is 19.0. The van der Waals surface area contributed by atoms with E-state index in [1.54, 1.807) is 6.92 Å². The highest BCUT2D eigenvalue weighted by Crippen LogP contribution is 2.22. The second kappa shape index (κ2) is 7.71. The Morgan fingerprint density at radius 2 is 1.80 bits per heavy atom. The van der Waals surface area contributed by atoms with E-state index in [-0.39, 0.29) is 22.6 Å². The minimum absolute atomic E-state index is 0.0172. The van der Waals surface area contributed by atoms with Gasteiger partial charge in [0.15, 0.2) is 0 Å². The lowest BCUT2D eigenvalue weighted by molar-refractivity contribution is 0.0331. The largest absolute Gasteiger partial charge is 0.454 e. The summed E-state index contributed by atoms with van der Waals surface area (Å²) >= 11 is 0. The highest BCUT2D eigenvalue weighted by Gasteiger charge is 2.18. The van der Waals surface area contributed by atoms with Crippen molar-refractivity contribution in [2.24, 2.45) is 0 Å². The summed E-state index contributed by atoms with van der Waals surface area (Å²) in [5.74, 6) is -2.28. The molecule has 5 nitrogen and oxygen atoms in total. The van der Waals surface area contributed by atoms with Gasteiger partial charge in [0, 0.05) is 18.2 Å². The molecular weight excluding hydrogens is 352 g/mol. The molecule has 0 saturated heterocycles. The number of halogens is 2. The predicted molar refractivity (Wildman–Crippen MR) is 87.5 cm³/mol. The number of ether oxygens (including phenoxy) is 1. The summed E-state index contributed by atoms with van der Waals surface area (Å²) in [6.07, 6.45) is -0.932. The smallest absolute Gasteiger partial charge is 0.338 e. The third-order valence-electron chi connectivity index (χ3n) is 3.42. The van der Waals surface area contributed by atoms with Gasteiger partial charge in [-0.05, 0) is 43.3 Å². The minimum atomic E-state index is -3.62. The van der Waals surface area contributed by atoms with Crippen molar-refractivity contribution in [2.45, 2.75) is 24.8 Å². The number of hydrogen-bond donors (Lipinski definition) is 1. The standard InChI is InChI=1S/C17H17F2NO4S/c1-3-20-25(22,23)14-7-4-12(5-8-14)17(21)24-11(2)15-9-6-13(18)10-16(15)19/h4-11,20H,3H2,1-2H3. The van der Waals surface area contributed by atoms with E-state index in [0.717, 1.165) is 6.07 Å². The van der Waals surface area contributed by atoms with Crippen molar-refractivity contribution in [3.8, 4) is 0 Å². The molecule has 1 atom stereocenters. The Hall–Kier alpha value is -2.32. The fourth-order valence-electron chi connectivity index (χ4n) is 2.17. The monoisotopic (exact) mass is 369 g/mol. The van der Waals surface area contributed by atoms with Crippen molar-refractivity contribution in [1.29, 1.82) is 0 Å². The lowest BCUT2D eigenvalue weighted by Gasteiger charge is -2.14. The van der Waals surface area contributed by atoms with Gasteiger partial charge in [0.2, 0.25) is 10.0 Å². The number of sulfonamides is 1. The average Bonchev–Trinajstić information content (AvgIpc) is 2.54. The van der Waals surface area contributed by atoms with Gasteiger partial charge in [-0.1, -0.05) is 6.92 Å². The SMILES string of the molecule is CCNS(=O)(=O)c1ccc(C(=O)OC(C)c2ccc(F)cc2F)cc1. The fraction of sp³-hybridized carbons (Fsp3) is 0.235. The number of benzene rings is 2. The lowest BCUT2D eigenvalue weighted by Crippen LogP contribution is -2.23. The van der Waals surface area contributed by atoms with E-state index in [1.807, 2.05) is 0 Å². The molecule has 0 fully saturated rings. The van der Waals surface area contributed by atoms with Crippen LogP contribution in [-0.2, 0) is 14.8 Å². The third kappa shape index (κ3) is 4.61. The van der Waals surface area contributed by atoms with Crippen molar-refractivity contribution in [3.63, 3.8) is 0 Å². The topological polar surface area (TPSA) is 72.5 Å². The van der Waals surface area contributed by atoms with Gasteiger partial charge < -0.3 is 4.74 Å². The number of nitrogens with one attached hydrogen (secondary N) is 1. The van der Waals surface area contributed by atoms with Crippen LogP contribution >= 0.6 is 0 Å². The van der Waals surface area contributed by atoms with Crippen molar-refractivity contribution in [3.05, 3.63) is 65.2 Å². The highest BCUT2D eigenvalue weighted by atomic mass is 32.2. The predicted octanol–water partition coefficient (Wildman–Crippen LogP) is 3.18. The summed E-state index contributed by atoms with van der Waals surface area (Å²) in [4.78, 5) is 12.1. The van der Waals surface area contributed by atoms with Crippen LogP contribution in [0.2, 0.25) is 0 Å². The van der Waals surface area contributed by atoms with Crippen molar-refractivity contribution >= 4 is 16.0 Å². The number of carbonyl (C=O) groups excluding carboxylic acids is 1. The molecule has 2 aromatic carbocycles. The Balaban J connectivity index is 2.13. The molecule has 0 bridgehead atoms. The zero-order chi connectivity index (χ0) is 18.6. The molecule has 2 rings (SSSR count). The molecule has 0 aromatic heterocycles. The molecule has 134 valence electrons. The van der Waals surface area contributed by atoms with Crippen molar-refractivity contribution < 1.29 is 26.7 Å². The highest BCUT2D eigenvalue weighted by molar-refractivity contribution is 7.89. The molecule has 2 aromatic rings. The minimum Gasteiger partial charge on any atom is -0.454 e. The Morgan fingerprint density at radius 3 is 2.36 bits per heavy atom. The van der Waals surface area contributed by atoms with Crippen LogP contribution in [0.5, 0.6) is 0 Å². The Bertz CT molecular complexity index is 867. The molecule has 0 aliphatic heterocycles. The van der Waals surface area contributed by atoms with Crippen LogP contribution in [-0.4, -0.2) is 20.9 Å². The first-order valence-corrected chi connectivity index (χ1v) is 8.98. The number of hydrogen-bond acceptors (Lipinski definition) is 4. The number of esters is 1. The van der Waals surface area contributed by atoms with Crippen LogP contribution in [0.3, 0.4) is 0 Å². The summed E-state index contributed by atoms with van der Waals surface area (Å²) in [5, 5.41) is 0. The van der Waals surface area contributed by atoms with E-state index in [4.69, 9.17) is 4.74 Å². The third-order valence-corrected chi connectivity index (χ3v) is 4.98. The maximum Gasteiger partial charge on any atom is 0.338 e. The second-order valence-corrected chi connectivity index (χ2v) is 7.01. The van der Waals surface area contributed by atoms with Gasteiger partial charge in [0.25, 0.3) is 0 Å². The molecule has 8 heteroatoms. The summed E-state index contributed by atoms with van der Waals surface area (Å²) in [7, 11) is -3.62. The molecule has 1 N–H and O–H groups in total. The van der Waals surface area contributed by atoms with E-state index in [0.29, 0.717) is 6.07 Å². The van der Waals surface area contributed by atoms with Gasteiger partial charge in [-0.25, -0.2) is 26.7 Å². The van der Waals surface area contributed by atoms with E-state index in [1.165, 1.54) is 37.3 Å². The van der Waals surface area contributed by atoms with Crippen molar-refractivity contribution in [2.75, 3.05) is 6.54 Å². The molecule has 25 heavy (non-hydrogen) atoms. The Labute approximate surface area is 144 Å². The van der Waals surface area contributed by atoms with Crippen LogP contribution in [0.1, 0.15) is 35.9 Å². The van der Waals surface area contributed by atoms with E-state index in [9.17, 15) is 22.0 Å². The molecule has 0 spiro atoms.